The van der Waals surface area contributed by atoms with Crippen LogP contribution >= 0.6 is 0 Å². The minimum absolute atomic E-state index is 0.0442. The van der Waals surface area contributed by atoms with Gasteiger partial charge in [-0.15, -0.1) is 0 Å². The molecule has 208 valence electrons. The number of piperidine rings is 1. The van der Waals surface area contributed by atoms with Crippen LogP contribution in [0.3, 0.4) is 0 Å². The SMILES string of the molecule is Cc1cc(C(N)=O)c(N[C@H](C)C(C)(C)C)cc1C(=O)NC1C[C@H]2CC[C@@H](C1)N2c1ccc(C(=O)C2CC2)cn1. The van der Waals surface area contributed by atoms with Crippen molar-refractivity contribution >= 4 is 29.1 Å². The van der Waals surface area contributed by atoms with E-state index < -0.39 is 5.91 Å². The molecule has 2 amide bonds. The minimum atomic E-state index is -0.517. The van der Waals surface area contributed by atoms with Crippen LogP contribution in [-0.2, 0) is 0 Å². The summed E-state index contributed by atoms with van der Waals surface area (Å²) in [6.07, 6.45) is 7.53. The number of carbonyl (C=O) groups is 3. The van der Waals surface area contributed by atoms with E-state index in [0.717, 1.165) is 49.9 Å². The number of benzene rings is 1. The Morgan fingerprint density at radius 3 is 2.23 bits per heavy atom. The first-order valence-corrected chi connectivity index (χ1v) is 14.2. The third-order valence-corrected chi connectivity index (χ3v) is 8.86. The van der Waals surface area contributed by atoms with Crippen molar-refractivity contribution in [2.45, 2.75) is 97.3 Å². The van der Waals surface area contributed by atoms with E-state index in [9.17, 15) is 14.4 Å². The van der Waals surface area contributed by atoms with Gasteiger partial charge in [0, 0.05) is 53.1 Å². The second-order valence-electron chi connectivity index (χ2n) is 12.8. The second kappa shape index (κ2) is 10.3. The highest BCUT2D eigenvalue weighted by Crippen LogP contribution is 2.39. The van der Waals surface area contributed by atoms with Crippen molar-refractivity contribution in [1.29, 1.82) is 0 Å². The summed E-state index contributed by atoms with van der Waals surface area (Å²) >= 11 is 0. The van der Waals surface area contributed by atoms with E-state index in [2.05, 4.69) is 48.2 Å². The molecule has 4 atom stereocenters. The maximum Gasteiger partial charge on any atom is 0.251 e. The van der Waals surface area contributed by atoms with Crippen LogP contribution in [0.15, 0.2) is 30.5 Å². The van der Waals surface area contributed by atoms with Gasteiger partial charge in [-0.2, -0.15) is 0 Å². The smallest absolute Gasteiger partial charge is 0.251 e. The number of nitrogens with one attached hydrogen (secondary N) is 2. The van der Waals surface area contributed by atoms with Crippen molar-refractivity contribution < 1.29 is 14.4 Å². The van der Waals surface area contributed by atoms with Gasteiger partial charge in [0.15, 0.2) is 5.78 Å². The molecule has 1 aromatic carbocycles. The van der Waals surface area contributed by atoms with Crippen LogP contribution in [0.1, 0.15) is 103 Å². The Morgan fingerprint density at radius 2 is 1.69 bits per heavy atom. The number of hydrogen-bond acceptors (Lipinski definition) is 6. The normalized spacial score (nSPS) is 23.3. The van der Waals surface area contributed by atoms with Crippen molar-refractivity contribution in [1.82, 2.24) is 10.3 Å². The summed E-state index contributed by atoms with van der Waals surface area (Å²) in [5.74, 6) is 0.674. The van der Waals surface area contributed by atoms with Crippen LogP contribution in [0, 0.1) is 18.3 Å². The maximum absolute atomic E-state index is 13.5. The molecule has 1 saturated carbocycles. The van der Waals surface area contributed by atoms with Gasteiger partial charge in [-0.3, -0.25) is 14.4 Å². The molecule has 5 rings (SSSR count). The Hall–Kier alpha value is -3.42. The molecule has 3 fully saturated rings. The molecule has 0 radical (unpaired) electrons. The molecule has 2 saturated heterocycles. The van der Waals surface area contributed by atoms with Gasteiger partial charge in [0.25, 0.3) is 11.8 Å². The molecule has 2 aromatic rings. The van der Waals surface area contributed by atoms with Crippen molar-refractivity contribution in [2.24, 2.45) is 17.1 Å². The number of rotatable bonds is 8. The Labute approximate surface area is 231 Å². The average molecular weight is 532 g/mol. The van der Waals surface area contributed by atoms with Crippen LogP contribution in [0.5, 0.6) is 0 Å². The van der Waals surface area contributed by atoms with Gasteiger partial charge in [-0.25, -0.2) is 4.98 Å². The van der Waals surface area contributed by atoms with Crippen LogP contribution in [0.25, 0.3) is 0 Å². The van der Waals surface area contributed by atoms with E-state index in [1.165, 1.54) is 0 Å². The number of aromatic nitrogens is 1. The molecule has 8 nitrogen and oxygen atoms in total. The first-order valence-electron chi connectivity index (χ1n) is 14.2. The Balaban J connectivity index is 1.28. The van der Waals surface area contributed by atoms with E-state index >= 15 is 0 Å². The van der Waals surface area contributed by atoms with Crippen molar-refractivity contribution in [3.05, 3.63) is 52.7 Å². The summed E-state index contributed by atoms with van der Waals surface area (Å²) in [6.45, 7) is 10.3. The number of pyridine rings is 1. The maximum atomic E-state index is 13.5. The fourth-order valence-corrected chi connectivity index (χ4v) is 5.92. The number of amides is 2. The molecule has 2 aliphatic heterocycles. The molecule has 1 aliphatic carbocycles. The largest absolute Gasteiger partial charge is 0.381 e. The van der Waals surface area contributed by atoms with E-state index in [1.54, 1.807) is 18.3 Å². The van der Waals surface area contributed by atoms with Gasteiger partial charge in [0.05, 0.1) is 5.56 Å². The number of carbonyl (C=O) groups excluding carboxylic acids is 3. The zero-order valence-electron chi connectivity index (χ0n) is 23.7. The lowest BCUT2D eigenvalue weighted by Gasteiger charge is -2.40. The van der Waals surface area contributed by atoms with Crippen molar-refractivity contribution in [3.8, 4) is 0 Å². The topological polar surface area (TPSA) is 117 Å². The van der Waals surface area contributed by atoms with E-state index in [4.69, 9.17) is 5.73 Å². The molecule has 2 bridgehead atoms. The van der Waals surface area contributed by atoms with Crippen LogP contribution in [0.2, 0.25) is 0 Å². The second-order valence-corrected chi connectivity index (χ2v) is 12.8. The van der Waals surface area contributed by atoms with E-state index in [0.29, 0.717) is 34.5 Å². The Bertz CT molecular complexity index is 1260. The predicted octanol–water partition coefficient (Wildman–Crippen LogP) is 4.86. The molecule has 4 N–H and O–H groups in total. The number of ketones is 1. The zero-order valence-corrected chi connectivity index (χ0v) is 23.7. The Kier molecular flexibility index (Phi) is 7.16. The number of nitrogens with zero attached hydrogens (tertiary/aromatic N) is 2. The van der Waals surface area contributed by atoms with Crippen LogP contribution in [-0.4, -0.2) is 46.7 Å². The molecule has 1 aromatic heterocycles. The summed E-state index contributed by atoms with van der Waals surface area (Å²) in [6, 6.07) is 8.10. The van der Waals surface area contributed by atoms with E-state index in [1.807, 2.05) is 19.1 Å². The molecule has 8 heteroatoms. The van der Waals surface area contributed by atoms with Crippen LogP contribution < -0.4 is 21.3 Å². The predicted molar refractivity (Wildman–Crippen MR) is 153 cm³/mol. The standard InChI is InChI=1S/C31H41N5O3/c1-17-12-25(29(32)38)26(34-18(2)31(3,4)5)15-24(17)30(39)35-21-13-22-9-10-23(14-21)36(22)27-11-8-20(16-33-27)28(37)19-6-7-19/h8,11-12,15-16,18-19,21-23,34H,6-7,9-10,13-14H2,1-5H3,(H2,32,38)(H,35,39)/t18-,21?,22-,23+/m1/s1. The molecule has 3 aliphatic rings. The first-order chi connectivity index (χ1) is 18.4. The fourth-order valence-electron chi connectivity index (χ4n) is 5.92. The molecule has 0 spiro atoms. The molecular formula is C31H41N5O3. The molecule has 39 heavy (non-hydrogen) atoms. The van der Waals surface area contributed by atoms with Crippen molar-refractivity contribution in [3.63, 3.8) is 0 Å². The third kappa shape index (κ3) is 5.65. The number of primary amides is 1. The highest BCUT2D eigenvalue weighted by atomic mass is 16.2. The highest BCUT2D eigenvalue weighted by molar-refractivity contribution is 6.03. The highest BCUT2D eigenvalue weighted by Gasteiger charge is 2.42. The average Bonchev–Trinajstić information content (AvgIpc) is 3.68. The lowest BCUT2D eigenvalue weighted by molar-refractivity contribution is 0.0923. The summed E-state index contributed by atoms with van der Waals surface area (Å²) < 4.78 is 0. The van der Waals surface area contributed by atoms with Crippen LogP contribution in [0.4, 0.5) is 11.5 Å². The molecule has 3 heterocycles. The van der Waals surface area contributed by atoms with Gasteiger partial charge >= 0.3 is 0 Å². The Morgan fingerprint density at radius 1 is 1.03 bits per heavy atom. The van der Waals surface area contributed by atoms with E-state index in [-0.39, 0.29) is 35.1 Å². The lowest BCUT2D eigenvalue weighted by Crippen LogP contribution is -2.50. The number of nitrogens with two attached hydrogens (primary N) is 1. The number of fused-ring (bicyclic) bond motifs is 2. The monoisotopic (exact) mass is 531 g/mol. The van der Waals surface area contributed by atoms with Gasteiger partial charge in [-0.1, -0.05) is 20.8 Å². The van der Waals surface area contributed by atoms with Gasteiger partial charge in [-0.05, 0) is 87.6 Å². The summed E-state index contributed by atoms with van der Waals surface area (Å²) in [7, 11) is 0. The summed E-state index contributed by atoms with van der Waals surface area (Å²) in [5.41, 5.74) is 8.59. The summed E-state index contributed by atoms with van der Waals surface area (Å²) in [5, 5.41) is 6.69. The number of Topliss-reactive ketones (excluding diaryl/α,β-unsaturated/α-hetero) is 1. The number of anilines is 2. The first kappa shape index (κ1) is 27.2. The minimum Gasteiger partial charge on any atom is -0.381 e. The quantitative estimate of drug-likeness (QED) is 0.419. The molecule has 1 unspecified atom stereocenters. The molecular weight excluding hydrogens is 490 g/mol. The van der Waals surface area contributed by atoms with Gasteiger partial charge in [0.1, 0.15) is 5.82 Å². The lowest BCUT2D eigenvalue weighted by atomic mass is 9.87. The van der Waals surface area contributed by atoms with Gasteiger partial charge in [0.2, 0.25) is 0 Å². The number of aryl methyl sites for hydroxylation is 1. The fraction of sp³-hybridized carbons (Fsp3) is 0.548. The zero-order chi connectivity index (χ0) is 28.1. The van der Waals surface area contributed by atoms with Crippen molar-refractivity contribution in [2.75, 3.05) is 10.2 Å². The summed E-state index contributed by atoms with van der Waals surface area (Å²) in [4.78, 5) is 45.1. The van der Waals surface area contributed by atoms with Gasteiger partial charge < -0.3 is 21.3 Å². The number of hydrogen-bond donors (Lipinski definition) is 3. The third-order valence-electron chi connectivity index (χ3n) is 8.86.